The monoisotopic (exact) mass is 514 g/mol. The molecule has 30 heavy (non-hydrogen) atoms. The van der Waals surface area contributed by atoms with E-state index in [0.717, 1.165) is 30.6 Å². The first-order chi connectivity index (χ1) is 14.2. The number of rotatable bonds is 6. The lowest BCUT2D eigenvalue weighted by molar-refractivity contribution is -0.140. The number of sulfonamides is 1. The van der Waals surface area contributed by atoms with Gasteiger partial charge in [0.05, 0.1) is 9.35 Å². The van der Waals surface area contributed by atoms with E-state index in [-0.39, 0.29) is 34.4 Å². The number of hydrogen-bond donors (Lipinski definition) is 1. The summed E-state index contributed by atoms with van der Waals surface area (Å²) in [6.45, 7) is 3.70. The maximum atomic E-state index is 12.5. The molecule has 1 aromatic carbocycles. The molecule has 1 saturated heterocycles. The van der Waals surface area contributed by atoms with Gasteiger partial charge in [0.25, 0.3) is 15.9 Å². The van der Waals surface area contributed by atoms with Crippen molar-refractivity contribution in [1.82, 2.24) is 4.90 Å². The van der Waals surface area contributed by atoms with E-state index in [4.69, 9.17) is 4.74 Å². The van der Waals surface area contributed by atoms with Crippen LogP contribution in [0.1, 0.15) is 43.5 Å². The molecule has 1 N–H and O–H groups in total. The molecule has 0 spiro atoms. The first kappa shape index (κ1) is 22.8. The molecule has 1 aliphatic heterocycles. The highest BCUT2D eigenvalue weighted by Crippen LogP contribution is 2.28. The summed E-state index contributed by atoms with van der Waals surface area (Å²) in [7, 11) is -3.70. The minimum absolute atomic E-state index is 0.135. The summed E-state index contributed by atoms with van der Waals surface area (Å²) >= 11 is 4.34. The fraction of sp³-hybridized carbons (Fsp3) is 0.400. The van der Waals surface area contributed by atoms with Crippen LogP contribution in [0.5, 0.6) is 0 Å². The van der Waals surface area contributed by atoms with Crippen LogP contribution in [-0.4, -0.2) is 43.9 Å². The molecule has 1 aliphatic rings. The molecule has 7 nitrogen and oxygen atoms in total. The van der Waals surface area contributed by atoms with Gasteiger partial charge in [0.1, 0.15) is 4.21 Å². The SMILES string of the molecule is CC1CCCC(C)N1C(=O)COC(=O)c1ccc(NS(=O)(=O)c2ccc(Br)s2)cc1. The van der Waals surface area contributed by atoms with E-state index in [1.807, 2.05) is 13.8 Å². The quantitative estimate of drug-likeness (QED) is 0.581. The maximum Gasteiger partial charge on any atom is 0.338 e. The second kappa shape index (κ2) is 9.49. The minimum atomic E-state index is -3.70. The molecular formula is C20H23BrN2O5S2. The largest absolute Gasteiger partial charge is 0.452 e. The zero-order valence-electron chi connectivity index (χ0n) is 16.6. The Morgan fingerprint density at radius 1 is 1.13 bits per heavy atom. The number of benzene rings is 1. The number of anilines is 1. The first-order valence-corrected chi connectivity index (χ1v) is 12.6. The Morgan fingerprint density at radius 2 is 1.77 bits per heavy atom. The third-order valence-electron chi connectivity index (χ3n) is 4.99. The van der Waals surface area contributed by atoms with E-state index in [2.05, 4.69) is 20.7 Å². The molecule has 1 fully saturated rings. The summed E-state index contributed by atoms with van der Waals surface area (Å²) in [5, 5.41) is 0. The fourth-order valence-electron chi connectivity index (χ4n) is 3.52. The Morgan fingerprint density at radius 3 is 2.33 bits per heavy atom. The van der Waals surface area contributed by atoms with E-state index in [1.54, 1.807) is 11.0 Å². The number of hydrogen-bond acceptors (Lipinski definition) is 6. The normalized spacial score (nSPS) is 19.4. The predicted molar refractivity (Wildman–Crippen MR) is 119 cm³/mol. The molecule has 1 aromatic heterocycles. The van der Waals surface area contributed by atoms with E-state index in [9.17, 15) is 18.0 Å². The van der Waals surface area contributed by atoms with Crippen LogP contribution in [-0.2, 0) is 19.6 Å². The van der Waals surface area contributed by atoms with Crippen LogP contribution >= 0.6 is 27.3 Å². The van der Waals surface area contributed by atoms with Gasteiger partial charge in [0, 0.05) is 17.8 Å². The fourth-order valence-corrected chi connectivity index (χ4v) is 6.59. The van der Waals surface area contributed by atoms with Crippen molar-refractivity contribution in [3.05, 3.63) is 45.7 Å². The Bertz CT molecular complexity index is 1010. The lowest BCUT2D eigenvalue weighted by atomic mass is 9.97. The van der Waals surface area contributed by atoms with Crippen LogP contribution in [0.25, 0.3) is 0 Å². The number of amides is 1. The van der Waals surface area contributed by atoms with Crippen LogP contribution in [0, 0.1) is 0 Å². The number of esters is 1. The highest BCUT2D eigenvalue weighted by Gasteiger charge is 2.29. The molecule has 0 radical (unpaired) electrons. The number of likely N-dealkylation sites (tertiary alicyclic amines) is 1. The van der Waals surface area contributed by atoms with Crippen molar-refractivity contribution in [2.24, 2.45) is 0 Å². The topological polar surface area (TPSA) is 92.8 Å². The third-order valence-corrected chi connectivity index (χ3v) is 8.49. The lowest BCUT2D eigenvalue weighted by Gasteiger charge is -2.38. The maximum absolute atomic E-state index is 12.5. The number of nitrogens with one attached hydrogen (secondary N) is 1. The smallest absolute Gasteiger partial charge is 0.338 e. The summed E-state index contributed by atoms with van der Waals surface area (Å²) in [4.78, 5) is 26.5. The number of nitrogens with zero attached hydrogens (tertiary/aromatic N) is 1. The molecule has 2 unspecified atom stereocenters. The van der Waals surface area contributed by atoms with Gasteiger partial charge in [0.2, 0.25) is 0 Å². The number of halogens is 1. The molecule has 1 amide bonds. The number of carbonyl (C=O) groups excluding carboxylic acids is 2. The van der Waals surface area contributed by atoms with Crippen LogP contribution in [0.15, 0.2) is 44.4 Å². The molecular weight excluding hydrogens is 492 g/mol. The second-order valence-corrected chi connectivity index (χ2v) is 11.6. The van der Waals surface area contributed by atoms with Gasteiger partial charge in [-0.1, -0.05) is 0 Å². The Hall–Kier alpha value is -1.91. The number of thiophene rings is 1. The average Bonchev–Trinajstić information content (AvgIpc) is 3.14. The predicted octanol–water partition coefficient (Wildman–Crippen LogP) is 4.26. The van der Waals surface area contributed by atoms with Crippen LogP contribution in [0.4, 0.5) is 5.69 Å². The van der Waals surface area contributed by atoms with Crippen LogP contribution < -0.4 is 4.72 Å². The van der Waals surface area contributed by atoms with Gasteiger partial charge in [-0.2, -0.15) is 0 Å². The average molecular weight is 515 g/mol. The highest BCUT2D eigenvalue weighted by atomic mass is 79.9. The molecule has 0 saturated carbocycles. The summed E-state index contributed by atoms with van der Waals surface area (Å²) < 4.78 is 33.3. The van der Waals surface area contributed by atoms with Crippen molar-refractivity contribution in [3.63, 3.8) is 0 Å². The van der Waals surface area contributed by atoms with Crippen LogP contribution in [0.2, 0.25) is 0 Å². The highest BCUT2D eigenvalue weighted by molar-refractivity contribution is 9.11. The van der Waals surface area contributed by atoms with Gasteiger partial charge in [-0.25, -0.2) is 13.2 Å². The Balaban J connectivity index is 1.58. The van der Waals surface area contributed by atoms with Crippen molar-refractivity contribution in [1.29, 1.82) is 0 Å². The minimum Gasteiger partial charge on any atom is -0.452 e. The summed E-state index contributed by atoms with van der Waals surface area (Å²) in [5.74, 6) is -0.827. The number of carbonyl (C=O) groups is 2. The Labute approximate surface area is 188 Å². The van der Waals surface area contributed by atoms with E-state index in [0.29, 0.717) is 9.47 Å². The van der Waals surface area contributed by atoms with Crippen molar-refractivity contribution in [2.45, 2.75) is 49.4 Å². The standard InChI is InChI=1S/C20H23BrN2O5S2/c1-13-4-3-5-14(2)23(13)18(24)12-28-20(25)15-6-8-16(9-7-15)22-30(26,27)19-11-10-17(21)29-19/h6-11,13-14,22H,3-5,12H2,1-2H3. The molecule has 10 heteroatoms. The summed E-state index contributed by atoms with van der Waals surface area (Å²) in [6, 6.07) is 9.31. The molecule has 0 bridgehead atoms. The third kappa shape index (κ3) is 5.41. The lowest BCUT2D eigenvalue weighted by Crippen LogP contribution is -2.49. The first-order valence-electron chi connectivity index (χ1n) is 9.54. The van der Waals surface area contributed by atoms with E-state index < -0.39 is 16.0 Å². The van der Waals surface area contributed by atoms with E-state index >= 15 is 0 Å². The number of piperidine rings is 1. The summed E-state index contributed by atoms with van der Waals surface area (Å²) in [5.41, 5.74) is 0.562. The van der Waals surface area contributed by atoms with Gasteiger partial charge < -0.3 is 9.64 Å². The molecule has 3 rings (SSSR count). The molecule has 162 valence electrons. The molecule has 2 atom stereocenters. The molecule has 2 heterocycles. The zero-order chi connectivity index (χ0) is 21.9. The Kier molecular flexibility index (Phi) is 7.20. The van der Waals surface area contributed by atoms with Crippen LogP contribution in [0.3, 0.4) is 0 Å². The van der Waals surface area contributed by atoms with Gasteiger partial charge in [-0.05, 0) is 85.4 Å². The second-order valence-electron chi connectivity index (χ2n) is 7.25. The van der Waals surface area contributed by atoms with Gasteiger partial charge in [0.15, 0.2) is 6.61 Å². The van der Waals surface area contributed by atoms with Gasteiger partial charge in [-0.15, -0.1) is 11.3 Å². The van der Waals surface area contributed by atoms with Crippen molar-refractivity contribution < 1.29 is 22.7 Å². The summed E-state index contributed by atoms with van der Waals surface area (Å²) in [6.07, 6.45) is 2.99. The van der Waals surface area contributed by atoms with Crippen molar-refractivity contribution in [2.75, 3.05) is 11.3 Å². The zero-order valence-corrected chi connectivity index (χ0v) is 19.8. The van der Waals surface area contributed by atoms with Crippen molar-refractivity contribution >= 4 is 54.9 Å². The van der Waals surface area contributed by atoms with E-state index in [1.165, 1.54) is 30.3 Å². The molecule has 2 aromatic rings. The molecule has 0 aliphatic carbocycles. The van der Waals surface area contributed by atoms with Crippen molar-refractivity contribution in [3.8, 4) is 0 Å². The van der Waals surface area contributed by atoms with Gasteiger partial charge in [-0.3, -0.25) is 9.52 Å². The van der Waals surface area contributed by atoms with Gasteiger partial charge >= 0.3 is 5.97 Å². The number of ether oxygens (including phenoxy) is 1.